The fraction of sp³-hybridized carbons (Fsp3) is 0.444. The average molecular weight is 187 g/mol. The van der Waals surface area contributed by atoms with E-state index in [4.69, 9.17) is 0 Å². The van der Waals surface area contributed by atoms with Crippen LogP contribution in [0.3, 0.4) is 0 Å². The summed E-state index contributed by atoms with van der Waals surface area (Å²) in [4.78, 5) is 12.6. The molecule has 0 bridgehead atoms. The van der Waals surface area contributed by atoms with Crippen molar-refractivity contribution in [3.05, 3.63) is 24.3 Å². The van der Waals surface area contributed by atoms with Gasteiger partial charge in [0.05, 0.1) is 0 Å². The van der Waals surface area contributed by atoms with Crippen molar-refractivity contribution >= 4 is 5.91 Å². The van der Waals surface area contributed by atoms with E-state index in [9.17, 15) is 13.6 Å². The van der Waals surface area contributed by atoms with Gasteiger partial charge in [-0.2, -0.15) is 8.78 Å². The molecule has 1 aliphatic rings. The summed E-state index contributed by atoms with van der Waals surface area (Å²) in [5.41, 5.74) is 0.174. The van der Waals surface area contributed by atoms with Crippen molar-refractivity contribution in [2.24, 2.45) is 0 Å². The van der Waals surface area contributed by atoms with Gasteiger partial charge in [-0.15, -0.1) is 0 Å². The van der Waals surface area contributed by atoms with Gasteiger partial charge < -0.3 is 4.90 Å². The van der Waals surface area contributed by atoms with Gasteiger partial charge in [0.25, 0.3) is 6.08 Å². The number of hydrogen-bond donors (Lipinski definition) is 0. The van der Waals surface area contributed by atoms with E-state index in [1.54, 1.807) is 0 Å². The fourth-order valence-electron chi connectivity index (χ4n) is 1.32. The van der Waals surface area contributed by atoms with Gasteiger partial charge >= 0.3 is 0 Å². The molecule has 0 aromatic heterocycles. The zero-order chi connectivity index (χ0) is 9.84. The van der Waals surface area contributed by atoms with Crippen LogP contribution in [0.15, 0.2) is 24.3 Å². The lowest BCUT2D eigenvalue weighted by Crippen LogP contribution is -2.35. The molecule has 1 aliphatic heterocycles. The van der Waals surface area contributed by atoms with Gasteiger partial charge in [-0.05, 0) is 24.5 Å². The molecule has 2 nitrogen and oxygen atoms in total. The lowest BCUT2D eigenvalue weighted by atomic mass is 10.1. The standard InChI is InChI=1S/C9H11F2NO/c1-2-8(13)12-5-3-7(4-6-12)9(10)11/h2H,1,3-6H2. The van der Waals surface area contributed by atoms with Gasteiger partial charge in [0.1, 0.15) is 0 Å². The third-order valence-corrected chi connectivity index (χ3v) is 2.12. The number of halogens is 2. The maximum absolute atomic E-state index is 12.1. The van der Waals surface area contributed by atoms with Crippen LogP contribution in [-0.2, 0) is 4.79 Å². The number of amides is 1. The highest BCUT2D eigenvalue weighted by Crippen LogP contribution is 2.21. The van der Waals surface area contributed by atoms with Crippen molar-refractivity contribution in [2.45, 2.75) is 12.8 Å². The first-order valence-corrected chi connectivity index (χ1v) is 4.09. The maximum Gasteiger partial charge on any atom is 0.269 e. The van der Waals surface area contributed by atoms with Gasteiger partial charge in [-0.1, -0.05) is 6.58 Å². The topological polar surface area (TPSA) is 20.3 Å². The van der Waals surface area contributed by atoms with Crippen LogP contribution in [0.5, 0.6) is 0 Å². The Morgan fingerprint density at radius 3 is 2.31 bits per heavy atom. The van der Waals surface area contributed by atoms with Crippen LogP contribution >= 0.6 is 0 Å². The van der Waals surface area contributed by atoms with Gasteiger partial charge in [-0.25, -0.2) is 0 Å². The Bertz CT molecular complexity index is 246. The summed E-state index contributed by atoms with van der Waals surface area (Å²) in [6.45, 7) is 4.08. The molecule has 4 heteroatoms. The molecule has 1 amide bonds. The monoisotopic (exact) mass is 187 g/mol. The summed E-state index contributed by atoms with van der Waals surface area (Å²) in [5.74, 6) is -0.182. The first kappa shape index (κ1) is 9.89. The van der Waals surface area contributed by atoms with Crippen LogP contribution in [0.1, 0.15) is 12.8 Å². The molecular formula is C9H11F2NO. The summed E-state index contributed by atoms with van der Waals surface area (Å²) < 4.78 is 24.2. The van der Waals surface area contributed by atoms with E-state index in [1.807, 2.05) is 0 Å². The smallest absolute Gasteiger partial charge is 0.269 e. The highest BCUT2D eigenvalue weighted by atomic mass is 19.3. The third kappa shape index (κ3) is 2.37. The van der Waals surface area contributed by atoms with Gasteiger partial charge in [0, 0.05) is 13.1 Å². The molecule has 13 heavy (non-hydrogen) atoms. The van der Waals surface area contributed by atoms with Crippen LogP contribution < -0.4 is 0 Å². The molecule has 0 radical (unpaired) electrons. The number of piperidine rings is 1. The molecule has 0 unspecified atom stereocenters. The second-order valence-corrected chi connectivity index (χ2v) is 2.89. The molecule has 0 aromatic carbocycles. The Hall–Kier alpha value is -1.19. The summed E-state index contributed by atoms with van der Waals surface area (Å²) in [6, 6.07) is 0. The molecule has 1 fully saturated rings. The second kappa shape index (κ2) is 4.16. The first-order valence-electron chi connectivity index (χ1n) is 4.09. The normalized spacial score (nSPS) is 17.1. The first-order chi connectivity index (χ1) is 6.15. The van der Waals surface area contributed by atoms with Crippen LogP contribution in [0.25, 0.3) is 0 Å². The van der Waals surface area contributed by atoms with Crippen molar-refractivity contribution < 1.29 is 13.6 Å². The van der Waals surface area contributed by atoms with E-state index in [0.29, 0.717) is 13.1 Å². The molecule has 0 saturated carbocycles. The molecule has 0 N–H and O–H groups in total. The molecule has 0 aromatic rings. The van der Waals surface area contributed by atoms with Crippen molar-refractivity contribution in [2.75, 3.05) is 13.1 Å². The Labute approximate surface area is 75.5 Å². The Morgan fingerprint density at radius 1 is 1.38 bits per heavy atom. The van der Waals surface area contributed by atoms with E-state index >= 15 is 0 Å². The zero-order valence-electron chi connectivity index (χ0n) is 7.22. The SMILES string of the molecule is C=CC(=O)N1CCC(=C(F)F)CC1. The summed E-state index contributed by atoms with van der Waals surface area (Å²) in [7, 11) is 0. The Balaban J connectivity index is 2.53. The second-order valence-electron chi connectivity index (χ2n) is 2.89. The number of hydrogen-bond acceptors (Lipinski definition) is 1. The summed E-state index contributed by atoms with van der Waals surface area (Å²) in [6.07, 6.45) is 0.176. The molecule has 1 heterocycles. The maximum atomic E-state index is 12.1. The lowest BCUT2D eigenvalue weighted by molar-refractivity contribution is -0.126. The van der Waals surface area contributed by atoms with Gasteiger partial charge in [-0.3, -0.25) is 4.79 Å². The number of carbonyl (C=O) groups excluding carboxylic acids is 1. The third-order valence-electron chi connectivity index (χ3n) is 2.12. The van der Waals surface area contributed by atoms with Crippen LogP contribution in [-0.4, -0.2) is 23.9 Å². The lowest BCUT2D eigenvalue weighted by Gasteiger charge is -2.26. The van der Waals surface area contributed by atoms with E-state index in [-0.39, 0.29) is 24.3 Å². The minimum absolute atomic E-state index is 0.174. The molecule has 1 rings (SSSR count). The van der Waals surface area contributed by atoms with E-state index in [0.717, 1.165) is 0 Å². The van der Waals surface area contributed by atoms with Gasteiger partial charge in [0.15, 0.2) is 0 Å². The quantitative estimate of drug-likeness (QED) is 0.574. The average Bonchev–Trinajstić information content (AvgIpc) is 2.17. The van der Waals surface area contributed by atoms with E-state index in [1.165, 1.54) is 11.0 Å². The van der Waals surface area contributed by atoms with Crippen LogP contribution in [0.2, 0.25) is 0 Å². The van der Waals surface area contributed by atoms with Gasteiger partial charge in [0.2, 0.25) is 5.91 Å². The molecule has 72 valence electrons. The predicted molar refractivity (Wildman–Crippen MR) is 45.3 cm³/mol. The minimum atomic E-state index is -1.59. The van der Waals surface area contributed by atoms with E-state index < -0.39 is 6.08 Å². The number of likely N-dealkylation sites (tertiary alicyclic amines) is 1. The minimum Gasteiger partial charge on any atom is -0.339 e. The molecule has 0 spiro atoms. The Morgan fingerprint density at radius 2 is 1.92 bits per heavy atom. The largest absolute Gasteiger partial charge is 0.339 e. The van der Waals surface area contributed by atoms with Crippen LogP contribution in [0.4, 0.5) is 8.78 Å². The highest BCUT2D eigenvalue weighted by molar-refractivity contribution is 5.87. The fourth-order valence-corrected chi connectivity index (χ4v) is 1.32. The predicted octanol–water partition coefficient (Wildman–Crippen LogP) is 1.95. The molecule has 0 atom stereocenters. The van der Waals surface area contributed by atoms with Crippen LogP contribution in [0, 0.1) is 0 Å². The molecular weight excluding hydrogens is 176 g/mol. The number of rotatable bonds is 1. The number of nitrogens with zero attached hydrogens (tertiary/aromatic N) is 1. The van der Waals surface area contributed by atoms with E-state index in [2.05, 4.69) is 6.58 Å². The zero-order valence-corrected chi connectivity index (χ0v) is 7.22. The van der Waals surface area contributed by atoms with Crippen molar-refractivity contribution in [3.8, 4) is 0 Å². The molecule has 1 saturated heterocycles. The van der Waals surface area contributed by atoms with Crippen molar-refractivity contribution in [1.29, 1.82) is 0 Å². The van der Waals surface area contributed by atoms with Crippen molar-refractivity contribution in [1.82, 2.24) is 4.90 Å². The Kier molecular flexibility index (Phi) is 3.17. The summed E-state index contributed by atoms with van der Waals surface area (Å²) in [5, 5.41) is 0. The number of carbonyl (C=O) groups is 1. The van der Waals surface area contributed by atoms with Crippen molar-refractivity contribution in [3.63, 3.8) is 0 Å². The summed E-state index contributed by atoms with van der Waals surface area (Å²) >= 11 is 0. The molecule has 0 aliphatic carbocycles. The highest BCUT2D eigenvalue weighted by Gasteiger charge is 2.19.